The third kappa shape index (κ3) is 5.31. The first kappa shape index (κ1) is 22.8. The summed E-state index contributed by atoms with van der Waals surface area (Å²) in [6, 6.07) is 35.4. The maximum atomic E-state index is 2.35. The number of hydrogen-bond acceptors (Lipinski definition) is 2. The van der Waals surface area contributed by atoms with Crippen molar-refractivity contribution < 1.29 is 0 Å². The summed E-state index contributed by atoms with van der Waals surface area (Å²) < 4.78 is 0. The van der Waals surface area contributed by atoms with E-state index in [1.54, 1.807) is 0 Å². The first-order chi connectivity index (χ1) is 15.5. The van der Waals surface area contributed by atoms with E-state index in [2.05, 4.69) is 125 Å². The van der Waals surface area contributed by atoms with Gasteiger partial charge in [0.25, 0.3) is 0 Å². The van der Waals surface area contributed by atoms with Crippen molar-refractivity contribution in [3.05, 3.63) is 130 Å². The van der Waals surface area contributed by atoms with Crippen molar-refractivity contribution in [3.63, 3.8) is 0 Å². The molecule has 2 unspecified atom stereocenters. The van der Waals surface area contributed by atoms with Crippen LogP contribution in [-0.2, 0) is 0 Å². The zero-order valence-corrected chi connectivity index (χ0v) is 20.8. The second-order valence-corrected chi connectivity index (χ2v) is 10.7. The Kier molecular flexibility index (Phi) is 7.44. The van der Waals surface area contributed by atoms with Crippen LogP contribution in [-0.4, -0.2) is 0 Å². The van der Waals surface area contributed by atoms with Crippen LogP contribution in [0.25, 0.3) is 0 Å². The van der Waals surface area contributed by atoms with E-state index in [0.717, 1.165) is 0 Å². The molecule has 2 atom stereocenters. The fourth-order valence-corrected chi connectivity index (χ4v) is 6.64. The largest absolute Gasteiger partial charge is 0.0622 e. The summed E-state index contributed by atoms with van der Waals surface area (Å²) in [6.45, 7) is 8.99. The zero-order valence-electron chi connectivity index (χ0n) is 19.2. The fraction of sp³-hybridized carbons (Fsp3) is 0.200. The monoisotopic (exact) mass is 454 g/mol. The highest BCUT2D eigenvalue weighted by Crippen LogP contribution is 2.45. The molecular formula is C30H30S2. The van der Waals surface area contributed by atoms with Crippen molar-refractivity contribution in [2.75, 3.05) is 0 Å². The number of rotatable bonds is 7. The van der Waals surface area contributed by atoms with E-state index in [1.807, 2.05) is 21.6 Å². The van der Waals surface area contributed by atoms with Gasteiger partial charge in [0.2, 0.25) is 0 Å². The highest BCUT2D eigenvalue weighted by atomic mass is 33.1. The van der Waals surface area contributed by atoms with Crippen LogP contribution in [0.3, 0.4) is 0 Å². The molecule has 0 radical (unpaired) electrons. The highest BCUT2D eigenvalue weighted by molar-refractivity contribution is 8.76. The maximum absolute atomic E-state index is 2.35. The normalized spacial score (nSPS) is 13.0. The SMILES string of the molecule is Cc1ccc(SSc2ccc(C)cc2C(C)c2ccccc2)c(C(C)c2ccccc2)c1. The summed E-state index contributed by atoms with van der Waals surface area (Å²) in [5.74, 6) is 0.722. The minimum atomic E-state index is 0.361. The summed E-state index contributed by atoms with van der Waals surface area (Å²) in [7, 11) is 3.76. The maximum Gasteiger partial charge on any atom is 0.0224 e. The van der Waals surface area contributed by atoms with Crippen LogP contribution < -0.4 is 0 Å². The molecule has 0 amide bonds. The molecule has 2 heteroatoms. The van der Waals surface area contributed by atoms with Gasteiger partial charge in [0.15, 0.2) is 0 Å². The average molecular weight is 455 g/mol. The Morgan fingerprint density at radius 1 is 0.500 bits per heavy atom. The number of hydrogen-bond donors (Lipinski definition) is 0. The molecule has 0 spiro atoms. The summed E-state index contributed by atoms with van der Waals surface area (Å²) in [6.07, 6.45) is 0. The molecule has 0 aliphatic rings. The van der Waals surface area contributed by atoms with Gasteiger partial charge in [0, 0.05) is 21.6 Å². The molecule has 0 N–H and O–H groups in total. The summed E-state index contributed by atoms with van der Waals surface area (Å²) >= 11 is 0. The minimum Gasteiger partial charge on any atom is -0.0622 e. The Morgan fingerprint density at radius 3 is 1.25 bits per heavy atom. The molecule has 162 valence electrons. The first-order valence-electron chi connectivity index (χ1n) is 11.2. The van der Waals surface area contributed by atoms with E-state index in [9.17, 15) is 0 Å². The molecule has 0 heterocycles. The van der Waals surface area contributed by atoms with Gasteiger partial charge in [-0.05, 0) is 48.2 Å². The van der Waals surface area contributed by atoms with Gasteiger partial charge in [-0.3, -0.25) is 0 Å². The fourth-order valence-electron chi connectivity index (χ4n) is 4.10. The Morgan fingerprint density at radius 2 is 0.875 bits per heavy atom. The first-order valence-corrected chi connectivity index (χ1v) is 13.3. The van der Waals surface area contributed by atoms with Crippen LogP contribution >= 0.6 is 21.6 Å². The molecule has 0 aliphatic carbocycles. The molecule has 32 heavy (non-hydrogen) atoms. The van der Waals surface area contributed by atoms with E-state index < -0.39 is 0 Å². The molecule has 0 saturated heterocycles. The Balaban J connectivity index is 1.62. The molecule has 0 bridgehead atoms. The third-order valence-corrected chi connectivity index (χ3v) is 8.60. The Hall–Kier alpha value is -2.42. The lowest BCUT2D eigenvalue weighted by molar-refractivity contribution is 0.891. The van der Waals surface area contributed by atoms with Gasteiger partial charge >= 0.3 is 0 Å². The van der Waals surface area contributed by atoms with Crippen LogP contribution in [0.2, 0.25) is 0 Å². The van der Waals surface area contributed by atoms with Crippen molar-refractivity contribution in [2.45, 2.75) is 49.3 Å². The molecule has 0 fully saturated rings. The van der Waals surface area contributed by atoms with Gasteiger partial charge in [-0.25, -0.2) is 0 Å². The third-order valence-electron chi connectivity index (χ3n) is 6.08. The van der Waals surface area contributed by atoms with Gasteiger partial charge in [-0.1, -0.05) is 131 Å². The molecular weight excluding hydrogens is 424 g/mol. The van der Waals surface area contributed by atoms with E-state index in [-0.39, 0.29) is 0 Å². The summed E-state index contributed by atoms with van der Waals surface area (Å²) in [5.41, 5.74) is 8.14. The Labute approximate surface area is 200 Å². The lowest BCUT2D eigenvalue weighted by Crippen LogP contribution is -1.99. The van der Waals surface area contributed by atoms with Gasteiger partial charge in [0.05, 0.1) is 0 Å². The average Bonchev–Trinajstić information content (AvgIpc) is 2.84. The number of benzene rings is 4. The van der Waals surface area contributed by atoms with Gasteiger partial charge in [0.1, 0.15) is 0 Å². The molecule has 0 saturated carbocycles. The zero-order chi connectivity index (χ0) is 22.5. The lowest BCUT2D eigenvalue weighted by atomic mass is 9.92. The minimum absolute atomic E-state index is 0.361. The predicted molar refractivity (Wildman–Crippen MR) is 142 cm³/mol. The van der Waals surface area contributed by atoms with Crippen molar-refractivity contribution in [1.29, 1.82) is 0 Å². The second-order valence-electron chi connectivity index (χ2n) is 8.51. The molecule has 4 aromatic rings. The molecule has 0 nitrogen and oxygen atoms in total. The van der Waals surface area contributed by atoms with E-state index in [1.165, 1.54) is 43.2 Å². The van der Waals surface area contributed by atoms with E-state index in [4.69, 9.17) is 0 Å². The summed E-state index contributed by atoms with van der Waals surface area (Å²) in [5, 5.41) is 0. The van der Waals surface area contributed by atoms with Crippen LogP contribution in [0.15, 0.2) is 107 Å². The van der Waals surface area contributed by atoms with Crippen LogP contribution in [0.5, 0.6) is 0 Å². The van der Waals surface area contributed by atoms with Crippen LogP contribution in [0.1, 0.15) is 59.1 Å². The Bertz CT molecular complexity index is 1070. The van der Waals surface area contributed by atoms with Gasteiger partial charge in [-0.2, -0.15) is 0 Å². The number of aryl methyl sites for hydroxylation is 2. The van der Waals surface area contributed by atoms with Crippen LogP contribution in [0.4, 0.5) is 0 Å². The quantitative estimate of drug-likeness (QED) is 0.255. The molecule has 0 aliphatic heterocycles. The predicted octanol–water partition coefficient (Wildman–Crippen LogP) is 9.41. The van der Waals surface area contributed by atoms with Gasteiger partial charge < -0.3 is 0 Å². The second kappa shape index (κ2) is 10.5. The molecule has 4 aromatic carbocycles. The standard InChI is InChI=1S/C30H30S2/c1-21-15-17-29(27(19-21)23(3)25-11-7-5-8-12-25)31-32-30-18-16-22(2)20-28(30)24(4)26-13-9-6-10-14-26/h5-20,23-24H,1-4H3. The topological polar surface area (TPSA) is 0 Å². The van der Waals surface area contributed by atoms with Crippen molar-refractivity contribution in [3.8, 4) is 0 Å². The van der Waals surface area contributed by atoms with Crippen LogP contribution in [0, 0.1) is 13.8 Å². The van der Waals surface area contributed by atoms with Crippen molar-refractivity contribution >= 4 is 21.6 Å². The van der Waals surface area contributed by atoms with Gasteiger partial charge in [-0.15, -0.1) is 0 Å². The molecule has 4 rings (SSSR count). The van der Waals surface area contributed by atoms with Crippen molar-refractivity contribution in [2.24, 2.45) is 0 Å². The smallest absolute Gasteiger partial charge is 0.0224 e. The highest BCUT2D eigenvalue weighted by Gasteiger charge is 2.17. The molecule has 0 aromatic heterocycles. The van der Waals surface area contributed by atoms with E-state index in [0.29, 0.717) is 11.8 Å². The van der Waals surface area contributed by atoms with Crippen molar-refractivity contribution in [1.82, 2.24) is 0 Å². The lowest BCUT2D eigenvalue weighted by Gasteiger charge is -2.19. The summed E-state index contributed by atoms with van der Waals surface area (Å²) in [4.78, 5) is 2.69. The van der Waals surface area contributed by atoms with E-state index >= 15 is 0 Å².